The summed E-state index contributed by atoms with van der Waals surface area (Å²) in [6, 6.07) is 7.84. The highest BCUT2D eigenvalue weighted by atomic mass is 16.2. The predicted molar refractivity (Wildman–Crippen MR) is 72.6 cm³/mol. The summed E-state index contributed by atoms with van der Waals surface area (Å²) in [6.45, 7) is 6.37. The van der Waals surface area contributed by atoms with Crippen LogP contribution in [-0.4, -0.2) is 38.0 Å². The molecule has 1 amide bonds. The van der Waals surface area contributed by atoms with E-state index >= 15 is 0 Å². The highest BCUT2D eigenvalue weighted by Gasteiger charge is 2.08. The van der Waals surface area contributed by atoms with E-state index in [1.807, 2.05) is 24.3 Å². The van der Waals surface area contributed by atoms with Crippen molar-refractivity contribution in [2.45, 2.75) is 20.3 Å². The molecule has 0 aliphatic rings. The van der Waals surface area contributed by atoms with Crippen LogP contribution >= 0.6 is 0 Å². The highest BCUT2D eigenvalue weighted by Crippen LogP contribution is 2.16. The lowest BCUT2D eigenvalue weighted by Gasteiger charge is -2.22. The molecule has 0 heterocycles. The zero-order chi connectivity index (χ0) is 12.8. The number of hydrogen-bond acceptors (Lipinski definition) is 2. The number of hydrogen-bond donors (Lipinski definition) is 0. The molecule has 17 heavy (non-hydrogen) atoms. The molecule has 0 N–H and O–H groups in total. The standard InChI is InChI=1S/C14H22N2O/c1-5-11-16(6-2)13-9-7-12(8-10-13)14(17)15(3)4/h7-10H,5-6,11H2,1-4H3. The second kappa shape index (κ2) is 6.28. The number of nitrogens with zero attached hydrogens (tertiary/aromatic N) is 2. The van der Waals surface area contributed by atoms with Gasteiger partial charge in [0, 0.05) is 38.4 Å². The van der Waals surface area contributed by atoms with Crippen LogP contribution in [0.4, 0.5) is 5.69 Å². The van der Waals surface area contributed by atoms with E-state index in [0.717, 1.165) is 25.1 Å². The molecule has 0 bridgehead atoms. The summed E-state index contributed by atoms with van der Waals surface area (Å²) >= 11 is 0. The molecule has 0 unspecified atom stereocenters. The second-order valence-electron chi connectivity index (χ2n) is 4.33. The number of carbonyl (C=O) groups is 1. The minimum Gasteiger partial charge on any atom is -0.372 e. The molecular formula is C14H22N2O. The first kappa shape index (κ1) is 13.6. The van der Waals surface area contributed by atoms with Crippen molar-refractivity contribution in [3.8, 4) is 0 Å². The van der Waals surface area contributed by atoms with Gasteiger partial charge in [-0.25, -0.2) is 0 Å². The van der Waals surface area contributed by atoms with Gasteiger partial charge in [-0.05, 0) is 37.6 Å². The normalized spacial score (nSPS) is 10.1. The largest absolute Gasteiger partial charge is 0.372 e. The summed E-state index contributed by atoms with van der Waals surface area (Å²) in [7, 11) is 3.54. The van der Waals surface area contributed by atoms with Gasteiger partial charge in [0.2, 0.25) is 0 Å². The van der Waals surface area contributed by atoms with E-state index in [1.54, 1.807) is 19.0 Å². The SMILES string of the molecule is CCCN(CC)c1ccc(C(=O)N(C)C)cc1. The van der Waals surface area contributed by atoms with Crippen LogP contribution in [0.25, 0.3) is 0 Å². The topological polar surface area (TPSA) is 23.6 Å². The minimum absolute atomic E-state index is 0.0510. The van der Waals surface area contributed by atoms with Crippen molar-refractivity contribution in [1.82, 2.24) is 4.90 Å². The average molecular weight is 234 g/mol. The van der Waals surface area contributed by atoms with E-state index in [9.17, 15) is 4.79 Å². The maximum Gasteiger partial charge on any atom is 0.253 e. The Morgan fingerprint density at radius 2 is 1.71 bits per heavy atom. The van der Waals surface area contributed by atoms with Crippen molar-refractivity contribution >= 4 is 11.6 Å². The Bertz CT molecular complexity index is 357. The third kappa shape index (κ3) is 3.48. The first-order valence-electron chi connectivity index (χ1n) is 6.16. The van der Waals surface area contributed by atoms with E-state index in [0.29, 0.717) is 0 Å². The Hall–Kier alpha value is -1.51. The van der Waals surface area contributed by atoms with Crippen molar-refractivity contribution in [2.24, 2.45) is 0 Å². The summed E-state index contributed by atoms with van der Waals surface area (Å²) in [5.74, 6) is 0.0510. The quantitative estimate of drug-likeness (QED) is 0.782. The van der Waals surface area contributed by atoms with Crippen molar-refractivity contribution in [2.75, 3.05) is 32.1 Å². The number of benzene rings is 1. The summed E-state index contributed by atoms with van der Waals surface area (Å²) < 4.78 is 0. The van der Waals surface area contributed by atoms with Gasteiger partial charge in [-0.1, -0.05) is 6.92 Å². The number of carbonyl (C=O) groups excluding carboxylic acids is 1. The predicted octanol–water partition coefficient (Wildman–Crippen LogP) is 2.62. The summed E-state index contributed by atoms with van der Waals surface area (Å²) in [6.07, 6.45) is 1.13. The Morgan fingerprint density at radius 1 is 1.12 bits per heavy atom. The summed E-state index contributed by atoms with van der Waals surface area (Å²) in [4.78, 5) is 15.6. The monoisotopic (exact) mass is 234 g/mol. The number of amides is 1. The Labute approximate surface area is 104 Å². The molecule has 1 aromatic rings. The first-order valence-corrected chi connectivity index (χ1v) is 6.16. The van der Waals surface area contributed by atoms with E-state index < -0.39 is 0 Å². The fourth-order valence-corrected chi connectivity index (χ4v) is 1.81. The van der Waals surface area contributed by atoms with E-state index in [4.69, 9.17) is 0 Å². The van der Waals surface area contributed by atoms with Gasteiger partial charge in [-0.15, -0.1) is 0 Å². The maximum absolute atomic E-state index is 11.7. The van der Waals surface area contributed by atoms with E-state index in [1.165, 1.54) is 5.69 Å². The van der Waals surface area contributed by atoms with Crippen molar-refractivity contribution in [3.63, 3.8) is 0 Å². The van der Waals surface area contributed by atoms with Crippen molar-refractivity contribution in [3.05, 3.63) is 29.8 Å². The molecule has 94 valence electrons. The number of anilines is 1. The molecule has 0 aromatic heterocycles. The van der Waals surface area contributed by atoms with Crippen LogP contribution in [-0.2, 0) is 0 Å². The van der Waals surface area contributed by atoms with E-state index in [2.05, 4.69) is 18.7 Å². The molecule has 0 fully saturated rings. The smallest absolute Gasteiger partial charge is 0.253 e. The zero-order valence-corrected chi connectivity index (χ0v) is 11.2. The Morgan fingerprint density at radius 3 is 2.12 bits per heavy atom. The van der Waals surface area contributed by atoms with Crippen molar-refractivity contribution in [1.29, 1.82) is 0 Å². The van der Waals surface area contributed by atoms with E-state index in [-0.39, 0.29) is 5.91 Å². The van der Waals surface area contributed by atoms with Gasteiger partial charge in [0.15, 0.2) is 0 Å². The van der Waals surface area contributed by atoms with Gasteiger partial charge in [0.25, 0.3) is 5.91 Å². The molecule has 1 rings (SSSR count). The molecule has 3 nitrogen and oxygen atoms in total. The van der Waals surface area contributed by atoms with Gasteiger partial charge >= 0.3 is 0 Å². The molecule has 0 atom stereocenters. The maximum atomic E-state index is 11.7. The van der Waals surface area contributed by atoms with Crippen molar-refractivity contribution < 1.29 is 4.79 Å². The second-order valence-corrected chi connectivity index (χ2v) is 4.33. The van der Waals surface area contributed by atoms with Gasteiger partial charge in [0.05, 0.1) is 0 Å². The third-order valence-electron chi connectivity index (χ3n) is 2.76. The molecule has 0 spiro atoms. The lowest BCUT2D eigenvalue weighted by atomic mass is 10.1. The summed E-state index contributed by atoms with van der Waals surface area (Å²) in [5, 5.41) is 0. The highest BCUT2D eigenvalue weighted by molar-refractivity contribution is 5.94. The molecule has 0 aliphatic heterocycles. The lowest BCUT2D eigenvalue weighted by Crippen LogP contribution is -2.24. The minimum atomic E-state index is 0.0510. The number of rotatable bonds is 5. The molecular weight excluding hydrogens is 212 g/mol. The fraction of sp³-hybridized carbons (Fsp3) is 0.500. The van der Waals surface area contributed by atoms with Crippen LogP contribution in [0.5, 0.6) is 0 Å². The fourth-order valence-electron chi connectivity index (χ4n) is 1.81. The summed E-state index contributed by atoms with van der Waals surface area (Å²) in [5.41, 5.74) is 1.93. The lowest BCUT2D eigenvalue weighted by molar-refractivity contribution is 0.0827. The van der Waals surface area contributed by atoms with Gasteiger partial charge in [-0.2, -0.15) is 0 Å². The van der Waals surface area contributed by atoms with Crippen LogP contribution in [0.1, 0.15) is 30.6 Å². The molecule has 3 heteroatoms. The van der Waals surface area contributed by atoms with Crippen LogP contribution in [0.2, 0.25) is 0 Å². The molecule has 0 aliphatic carbocycles. The van der Waals surface area contributed by atoms with Gasteiger partial charge in [-0.3, -0.25) is 4.79 Å². The Balaban J connectivity index is 2.83. The zero-order valence-electron chi connectivity index (χ0n) is 11.2. The van der Waals surface area contributed by atoms with Gasteiger partial charge in [0.1, 0.15) is 0 Å². The molecule has 0 radical (unpaired) electrons. The van der Waals surface area contributed by atoms with Crippen LogP contribution in [0.15, 0.2) is 24.3 Å². The first-order chi connectivity index (χ1) is 8.10. The molecule has 0 saturated carbocycles. The molecule has 0 saturated heterocycles. The van der Waals surface area contributed by atoms with Crippen LogP contribution in [0.3, 0.4) is 0 Å². The third-order valence-corrected chi connectivity index (χ3v) is 2.76. The Kier molecular flexibility index (Phi) is 5.01. The molecule has 1 aromatic carbocycles. The average Bonchev–Trinajstić information content (AvgIpc) is 2.35. The van der Waals surface area contributed by atoms with Crippen LogP contribution in [0, 0.1) is 0 Å². The van der Waals surface area contributed by atoms with Gasteiger partial charge < -0.3 is 9.80 Å². The van der Waals surface area contributed by atoms with Crippen LogP contribution < -0.4 is 4.90 Å².